The van der Waals surface area contributed by atoms with Crippen LogP contribution in [0.3, 0.4) is 0 Å². The third-order valence-corrected chi connectivity index (χ3v) is 12.6. The van der Waals surface area contributed by atoms with Crippen LogP contribution < -0.4 is 0 Å². The third kappa shape index (κ3) is 4.58. The number of nitrogens with zero attached hydrogens (tertiary/aromatic N) is 2. The molecule has 1 aliphatic carbocycles. The van der Waals surface area contributed by atoms with Gasteiger partial charge in [-0.1, -0.05) is 166 Å². The van der Waals surface area contributed by atoms with Gasteiger partial charge in [-0.3, -0.25) is 0 Å². The largest absolute Gasteiger partial charge is 0.228 e. The van der Waals surface area contributed by atoms with Crippen molar-refractivity contribution in [1.82, 2.24) is 9.97 Å². The molecule has 0 unspecified atom stereocenters. The van der Waals surface area contributed by atoms with E-state index in [2.05, 4.69) is 178 Å². The molecule has 254 valence electrons. The highest BCUT2D eigenvalue weighted by molar-refractivity contribution is 7.25. The van der Waals surface area contributed by atoms with E-state index in [1.165, 1.54) is 75.1 Å². The normalized spacial score (nSPS) is 13.1. The van der Waals surface area contributed by atoms with Crippen LogP contribution in [0, 0.1) is 0 Å². The Morgan fingerprint density at radius 3 is 1.78 bits per heavy atom. The highest BCUT2D eigenvalue weighted by Crippen LogP contribution is 2.55. The van der Waals surface area contributed by atoms with Gasteiger partial charge in [0.05, 0.1) is 11.4 Å². The maximum absolute atomic E-state index is 5.31. The second-order valence-electron chi connectivity index (χ2n) is 14.9. The van der Waals surface area contributed by atoms with Crippen LogP contribution in [0.5, 0.6) is 0 Å². The van der Waals surface area contributed by atoms with E-state index >= 15 is 0 Å². The first-order valence-corrected chi connectivity index (χ1v) is 19.4. The van der Waals surface area contributed by atoms with Crippen LogP contribution in [-0.4, -0.2) is 9.97 Å². The standard InChI is InChI=1S/C51H34N2S/c1-51(2)48-33-17-7-6-14-31(33)26-27-40(48)39-22-12-21-38(49(39)51)36-28-29-37(35-19-9-8-18-34(35)36)43-30-44(53-50(52-43)32-15-4-3-5-16-32)41-23-13-25-46-47(41)42-20-10-11-24-45(42)54-46/h3-30H,1-2H3. The molecule has 3 heteroatoms. The zero-order valence-corrected chi connectivity index (χ0v) is 30.8. The molecular formula is C51H34N2S. The van der Waals surface area contributed by atoms with Crippen molar-refractivity contribution in [1.29, 1.82) is 0 Å². The minimum absolute atomic E-state index is 0.180. The Morgan fingerprint density at radius 1 is 0.407 bits per heavy atom. The van der Waals surface area contributed by atoms with Gasteiger partial charge in [0.1, 0.15) is 0 Å². The lowest BCUT2D eigenvalue weighted by Crippen LogP contribution is -2.17. The first-order valence-electron chi connectivity index (χ1n) is 18.6. The summed E-state index contributed by atoms with van der Waals surface area (Å²) in [5.74, 6) is 0.723. The molecule has 0 atom stereocenters. The summed E-state index contributed by atoms with van der Waals surface area (Å²) in [6, 6.07) is 61.5. The monoisotopic (exact) mass is 706 g/mol. The number of aromatic nitrogens is 2. The summed E-state index contributed by atoms with van der Waals surface area (Å²) in [6.45, 7) is 4.80. The highest BCUT2D eigenvalue weighted by Gasteiger charge is 2.39. The molecule has 2 aromatic heterocycles. The van der Waals surface area contributed by atoms with Gasteiger partial charge >= 0.3 is 0 Å². The number of fused-ring (bicyclic) bond motifs is 9. The molecule has 0 bridgehead atoms. The van der Waals surface area contributed by atoms with Gasteiger partial charge in [-0.15, -0.1) is 11.3 Å². The third-order valence-electron chi connectivity index (χ3n) is 11.5. The molecule has 0 amide bonds. The quantitative estimate of drug-likeness (QED) is 0.182. The molecule has 0 saturated heterocycles. The average molecular weight is 707 g/mol. The van der Waals surface area contributed by atoms with E-state index in [1.54, 1.807) is 0 Å². The van der Waals surface area contributed by atoms with Gasteiger partial charge in [-0.25, -0.2) is 9.97 Å². The van der Waals surface area contributed by atoms with E-state index < -0.39 is 0 Å². The van der Waals surface area contributed by atoms with Gasteiger partial charge < -0.3 is 0 Å². The Morgan fingerprint density at radius 2 is 0.963 bits per heavy atom. The Bertz CT molecular complexity index is 3130. The molecule has 0 N–H and O–H groups in total. The fraction of sp³-hybridized carbons (Fsp3) is 0.0588. The van der Waals surface area contributed by atoms with Gasteiger partial charge in [0, 0.05) is 42.3 Å². The van der Waals surface area contributed by atoms with Crippen molar-refractivity contribution in [3.63, 3.8) is 0 Å². The van der Waals surface area contributed by atoms with E-state index in [9.17, 15) is 0 Å². The van der Waals surface area contributed by atoms with Crippen molar-refractivity contribution in [2.75, 3.05) is 0 Å². The average Bonchev–Trinajstić information content (AvgIpc) is 3.73. The van der Waals surface area contributed by atoms with Crippen molar-refractivity contribution >= 4 is 53.1 Å². The first kappa shape index (κ1) is 31.1. The van der Waals surface area contributed by atoms with Crippen LogP contribution in [0.2, 0.25) is 0 Å². The molecule has 1 aliphatic rings. The molecular weight excluding hydrogens is 673 g/mol. The van der Waals surface area contributed by atoms with Crippen LogP contribution >= 0.6 is 11.3 Å². The fourth-order valence-corrected chi connectivity index (χ4v) is 10.3. The van der Waals surface area contributed by atoms with Gasteiger partial charge in [-0.05, 0) is 73.1 Å². The number of hydrogen-bond donors (Lipinski definition) is 0. The summed E-state index contributed by atoms with van der Waals surface area (Å²) >= 11 is 1.83. The lowest BCUT2D eigenvalue weighted by molar-refractivity contribution is 0.668. The summed E-state index contributed by atoms with van der Waals surface area (Å²) in [5, 5.41) is 7.52. The summed E-state index contributed by atoms with van der Waals surface area (Å²) in [4.78, 5) is 10.6. The molecule has 54 heavy (non-hydrogen) atoms. The number of hydrogen-bond acceptors (Lipinski definition) is 3. The van der Waals surface area contributed by atoms with Crippen LogP contribution in [0.15, 0.2) is 170 Å². The second-order valence-corrected chi connectivity index (χ2v) is 16.0. The van der Waals surface area contributed by atoms with Crippen molar-refractivity contribution < 1.29 is 0 Å². The van der Waals surface area contributed by atoms with Crippen LogP contribution in [0.1, 0.15) is 25.0 Å². The van der Waals surface area contributed by atoms with Crippen molar-refractivity contribution in [3.8, 4) is 56.2 Å². The van der Waals surface area contributed by atoms with Gasteiger partial charge in [0.25, 0.3) is 0 Å². The topological polar surface area (TPSA) is 25.8 Å². The fourth-order valence-electron chi connectivity index (χ4n) is 9.15. The Balaban J connectivity index is 1.13. The van der Waals surface area contributed by atoms with E-state index in [1.807, 2.05) is 17.4 Å². The molecule has 0 aliphatic heterocycles. The minimum Gasteiger partial charge on any atom is -0.228 e. The maximum atomic E-state index is 5.31. The maximum Gasteiger partial charge on any atom is 0.160 e. The SMILES string of the molecule is CC1(C)c2c(cccc2-c2ccc(-c3cc(-c4cccc5sc6ccccc6c45)nc(-c4ccccc4)n3)c3ccccc23)-c2ccc3ccccc3c21. The van der Waals surface area contributed by atoms with Crippen molar-refractivity contribution in [2.45, 2.75) is 19.3 Å². The lowest BCUT2D eigenvalue weighted by atomic mass is 9.77. The van der Waals surface area contributed by atoms with Gasteiger partial charge in [0.2, 0.25) is 0 Å². The molecule has 8 aromatic carbocycles. The molecule has 2 heterocycles. The zero-order valence-electron chi connectivity index (χ0n) is 30.0. The minimum atomic E-state index is -0.180. The number of benzene rings is 8. The molecule has 2 nitrogen and oxygen atoms in total. The summed E-state index contributed by atoms with van der Waals surface area (Å²) < 4.78 is 2.55. The summed E-state index contributed by atoms with van der Waals surface area (Å²) in [6.07, 6.45) is 0. The molecule has 0 spiro atoms. The predicted molar refractivity (Wildman–Crippen MR) is 229 cm³/mol. The van der Waals surface area contributed by atoms with Crippen LogP contribution in [0.4, 0.5) is 0 Å². The Hall–Kier alpha value is -6.42. The Labute approximate surface area is 318 Å². The highest BCUT2D eigenvalue weighted by atomic mass is 32.1. The van der Waals surface area contributed by atoms with Crippen LogP contribution in [-0.2, 0) is 5.41 Å². The molecule has 0 fully saturated rings. The van der Waals surface area contributed by atoms with Crippen molar-refractivity contribution in [2.24, 2.45) is 0 Å². The molecule has 0 radical (unpaired) electrons. The van der Waals surface area contributed by atoms with E-state index in [0.29, 0.717) is 0 Å². The zero-order chi connectivity index (χ0) is 36.0. The smallest absolute Gasteiger partial charge is 0.160 e. The molecule has 0 saturated carbocycles. The molecule has 11 rings (SSSR count). The lowest BCUT2D eigenvalue weighted by Gasteiger charge is -2.26. The number of thiophene rings is 1. The van der Waals surface area contributed by atoms with E-state index in [-0.39, 0.29) is 5.41 Å². The summed E-state index contributed by atoms with van der Waals surface area (Å²) in [7, 11) is 0. The predicted octanol–water partition coefficient (Wildman–Crippen LogP) is 14.1. The van der Waals surface area contributed by atoms with Crippen molar-refractivity contribution in [3.05, 3.63) is 181 Å². The summed E-state index contributed by atoms with van der Waals surface area (Å²) in [5.41, 5.74) is 12.9. The van der Waals surface area contributed by atoms with E-state index in [4.69, 9.17) is 9.97 Å². The second kappa shape index (κ2) is 11.8. The van der Waals surface area contributed by atoms with E-state index in [0.717, 1.165) is 33.9 Å². The molecule has 10 aromatic rings. The number of rotatable bonds is 4. The Kier molecular flexibility index (Phi) is 6.80. The first-order chi connectivity index (χ1) is 26.5. The van der Waals surface area contributed by atoms with Gasteiger partial charge in [-0.2, -0.15) is 0 Å². The van der Waals surface area contributed by atoms with Crippen LogP contribution in [0.25, 0.3) is 97.9 Å². The van der Waals surface area contributed by atoms with Gasteiger partial charge in [0.15, 0.2) is 5.82 Å².